The molecule has 0 bridgehead atoms. The maximum absolute atomic E-state index is 11.6. The van der Waals surface area contributed by atoms with Crippen molar-refractivity contribution in [1.29, 1.82) is 0 Å². The summed E-state index contributed by atoms with van der Waals surface area (Å²) in [7, 11) is 0. The second-order valence-corrected chi connectivity index (χ2v) is 4.53. The molecule has 1 aliphatic heterocycles. The average molecular weight is 268 g/mol. The average Bonchev–Trinajstić information content (AvgIpc) is 2.75. The largest absolute Gasteiger partial charge is 0.480 e. The second-order valence-electron chi connectivity index (χ2n) is 4.53. The standard InChI is InChI=1S/C12H20N4O3/c1-2-8-6-10(17)16(7-8)12(14)15-5-3-4-9(13)11(18)19/h2,8-9H,1,3-7,13H2,(H2,14,15)(H,18,19). The van der Waals surface area contributed by atoms with Crippen LogP contribution in [0.5, 0.6) is 0 Å². The molecule has 7 nitrogen and oxygen atoms in total. The summed E-state index contributed by atoms with van der Waals surface area (Å²) in [6, 6.07) is -0.880. The molecule has 1 rings (SSSR count). The van der Waals surface area contributed by atoms with E-state index in [1.54, 1.807) is 6.08 Å². The number of hydrogen-bond donors (Lipinski definition) is 3. The molecule has 1 amide bonds. The highest BCUT2D eigenvalue weighted by molar-refractivity contribution is 5.97. The van der Waals surface area contributed by atoms with Crippen molar-refractivity contribution in [2.75, 3.05) is 13.1 Å². The molecule has 1 aliphatic rings. The summed E-state index contributed by atoms with van der Waals surface area (Å²) in [6.45, 7) is 4.52. The monoisotopic (exact) mass is 268 g/mol. The van der Waals surface area contributed by atoms with E-state index in [2.05, 4.69) is 11.6 Å². The summed E-state index contributed by atoms with van der Waals surface area (Å²) in [6.07, 6.45) is 2.98. The molecule has 5 N–H and O–H groups in total. The number of carbonyl (C=O) groups is 2. The molecule has 106 valence electrons. The number of amides is 1. The first-order valence-corrected chi connectivity index (χ1v) is 6.17. The summed E-state index contributed by atoms with van der Waals surface area (Å²) in [5, 5.41) is 8.61. The number of guanidine groups is 1. The van der Waals surface area contributed by atoms with Gasteiger partial charge >= 0.3 is 5.97 Å². The Bertz CT molecular complexity index is 394. The van der Waals surface area contributed by atoms with Crippen molar-refractivity contribution < 1.29 is 14.7 Å². The van der Waals surface area contributed by atoms with Crippen LogP contribution >= 0.6 is 0 Å². The number of nitrogens with zero attached hydrogens (tertiary/aromatic N) is 2. The Morgan fingerprint density at radius 3 is 2.89 bits per heavy atom. The lowest BCUT2D eigenvalue weighted by Gasteiger charge is -2.14. The Balaban J connectivity index is 2.39. The van der Waals surface area contributed by atoms with Crippen LogP contribution in [0, 0.1) is 5.92 Å². The van der Waals surface area contributed by atoms with E-state index in [-0.39, 0.29) is 17.8 Å². The van der Waals surface area contributed by atoms with Gasteiger partial charge in [0.1, 0.15) is 6.04 Å². The van der Waals surface area contributed by atoms with Crippen molar-refractivity contribution in [3.63, 3.8) is 0 Å². The Labute approximate surface area is 112 Å². The maximum atomic E-state index is 11.6. The zero-order valence-electron chi connectivity index (χ0n) is 10.8. The number of hydrogen-bond acceptors (Lipinski definition) is 4. The molecule has 1 fully saturated rings. The van der Waals surface area contributed by atoms with E-state index in [0.29, 0.717) is 32.4 Å². The van der Waals surface area contributed by atoms with E-state index in [1.807, 2.05) is 0 Å². The molecule has 0 aromatic heterocycles. The Morgan fingerprint density at radius 2 is 2.37 bits per heavy atom. The Morgan fingerprint density at radius 1 is 1.68 bits per heavy atom. The van der Waals surface area contributed by atoms with Crippen molar-refractivity contribution in [1.82, 2.24) is 4.90 Å². The number of rotatable bonds is 6. The van der Waals surface area contributed by atoms with Crippen molar-refractivity contribution in [3.8, 4) is 0 Å². The minimum Gasteiger partial charge on any atom is -0.480 e. The highest BCUT2D eigenvalue weighted by Gasteiger charge is 2.29. The van der Waals surface area contributed by atoms with Crippen molar-refractivity contribution in [2.45, 2.75) is 25.3 Å². The molecule has 0 saturated carbocycles. The van der Waals surface area contributed by atoms with E-state index in [1.165, 1.54) is 4.90 Å². The van der Waals surface area contributed by atoms with E-state index in [9.17, 15) is 9.59 Å². The third kappa shape index (κ3) is 4.36. The van der Waals surface area contributed by atoms with Gasteiger partial charge in [-0.05, 0) is 12.8 Å². The number of carboxylic acids is 1. The predicted molar refractivity (Wildman–Crippen MR) is 71.4 cm³/mol. The quantitative estimate of drug-likeness (QED) is 0.260. The summed E-state index contributed by atoms with van der Waals surface area (Å²) in [5.74, 6) is -0.797. The smallest absolute Gasteiger partial charge is 0.320 e. The maximum Gasteiger partial charge on any atom is 0.320 e. The summed E-state index contributed by atoms with van der Waals surface area (Å²) in [4.78, 5) is 27.6. The molecule has 0 radical (unpaired) electrons. The van der Waals surface area contributed by atoms with Gasteiger partial charge in [-0.2, -0.15) is 0 Å². The zero-order valence-corrected chi connectivity index (χ0v) is 10.8. The Kier molecular flexibility index (Phi) is 5.50. The van der Waals surface area contributed by atoms with Crippen LogP contribution in [0.15, 0.2) is 17.6 Å². The van der Waals surface area contributed by atoms with Crippen LogP contribution in [0.4, 0.5) is 0 Å². The summed E-state index contributed by atoms with van der Waals surface area (Å²) in [5.41, 5.74) is 11.1. The molecule has 1 heterocycles. The van der Waals surface area contributed by atoms with Crippen LogP contribution in [0.3, 0.4) is 0 Å². The van der Waals surface area contributed by atoms with Crippen LogP contribution < -0.4 is 11.5 Å². The molecule has 1 saturated heterocycles. The fraction of sp³-hybridized carbons (Fsp3) is 0.583. The van der Waals surface area contributed by atoms with Gasteiger partial charge in [-0.3, -0.25) is 19.5 Å². The number of likely N-dealkylation sites (tertiary alicyclic amines) is 1. The Hall–Kier alpha value is -1.89. The van der Waals surface area contributed by atoms with Gasteiger partial charge in [-0.15, -0.1) is 6.58 Å². The molecule has 0 aromatic rings. The van der Waals surface area contributed by atoms with Crippen LogP contribution in [0.1, 0.15) is 19.3 Å². The number of nitrogens with two attached hydrogens (primary N) is 2. The third-order valence-electron chi connectivity index (χ3n) is 3.03. The number of carboxylic acid groups (broad SMARTS) is 1. The first-order chi connectivity index (χ1) is 8.95. The number of aliphatic carboxylic acids is 1. The molecule has 0 aromatic carbocycles. The fourth-order valence-electron chi connectivity index (χ4n) is 1.83. The van der Waals surface area contributed by atoms with E-state index < -0.39 is 12.0 Å². The van der Waals surface area contributed by atoms with Crippen LogP contribution in [0.2, 0.25) is 0 Å². The van der Waals surface area contributed by atoms with Gasteiger partial charge in [-0.1, -0.05) is 6.08 Å². The van der Waals surface area contributed by atoms with Crippen LogP contribution in [0.25, 0.3) is 0 Å². The van der Waals surface area contributed by atoms with Crippen molar-refractivity contribution in [2.24, 2.45) is 22.4 Å². The topological polar surface area (TPSA) is 122 Å². The molecule has 2 atom stereocenters. The summed E-state index contributed by atoms with van der Waals surface area (Å²) >= 11 is 0. The lowest BCUT2D eigenvalue weighted by Crippen LogP contribution is -2.38. The molecular formula is C12H20N4O3. The van der Waals surface area contributed by atoms with Gasteiger partial charge < -0.3 is 16.6 Å². The molecule has 0 aliphatic carbocycles. The SMILES string of the molecule is C=CC1CC(=O)N(C(N)=NCCCC(N)C(=O)O)C1. The minimum atomic E-state index is -1.03. The van der Waals surface area contributed by atoms with Gasteiger partial charge in [0.05, 0.1) is 0 Å². The highest BCUT2D eigenvalue weighted by Crippen LogP contribution is 2.17. The fourth-order valence-corrected chi connectivity index (χ4v) is 1.83. The van der Waals surface area contributed by atoms with Gasteiger partial charge in [0.15, 0.2) is 5.96 Å². The van der Waals surface area contributed by atoms with Gasteiger partial charge in [0, 0.05) is 25.4 Å². The van der Waals surface area contributed by atoms with Gasteiger partial charge in [-0.25, -0.2) is 0 Å². The van der Waals surface area contributed by atoms with Crippen molar-refractivity contribution in [3.05, 3.63) is 12.7 Å². The van der Waals surface area contributed by atoms with Gasteiger partial charge in [0.25, 0.3) is 0 Å². The lowest BCUT2D eigenvalue weighted by molar-refractivity contribution is -0.138. The van der Waals surface area contributed by atoms with Crippen LogP contribution in [-0.4, -0.2) is 47.0 Å². The molecule has 19 heavy (non-hydrogen) atoms. The number of carbonyl (C=O) groups excluding carboxylic acids is 1. The normalized spacial score (nSPS) is 21.5. The predicted octanol–water partition coefficient (Wildman–Crippen LogP) is -0.472. The van der Waals surface area contributed by atoms with E-state index in [0.717, 1.165) is 0 Å². The molecule has 0 spiro atoms. The first kappa shape index (κ1) is 15.2. The van der Waals surface area contributed by atoms with Crippen molar-refractivity contribution >= 4 is 17.8 Å². The summed E-state index contributed by atoms with van der Waals surface area (Å²) < 4.78 is 0. The third-order valence-corrected chi connectivity index (χ3v) is 3.03. The molecule has 2 unspecified atom stereocenters. The second kappa shape index (κ2) is 6.89. The highest BCUT2D eigenvalue weighted by atomic mass is 16.4. The lowest BCUT2D eigenvalue weighted by atomic mass is 10.1. The minimum absolute atomic E-state index is 0.0617. The first-order valence-electron chi connectivity index (χ1n) is 6.17. The number of aliphatic imine (C=N–C) groups is 1. The van der Waals surface area contributed by atoms with Crippen LogP contribution in [-0.2, 0) is 9.59 Å². The molecule has 7 heteroatoms. The zero-order chi connectivity index (χ0) is 14.4. The van der Waals surface area contributed by atoms with E-state index >= 15 is 0 Å². The van der Waals surface area contributed by atoms with E-state index in [4.69, 9.17) is 16.6 Å². The molecular weight excluding hydrogens is 248 g/mol. The van der Waals surface area contributed by atoms with Gasteiger partial charge in [0.2, 0.25) is 5.91 Å².